The van der Waals surface area contributed by atoms with Crippen LogP contribution in [0.5, 0.6) is 0 Å². The number of hydrogen-bond donors (Lipinski definition) is 1. The Hall–Kier alpha value is -0.860. The molecule has 0 aliphatic heterocycles. The summed E-state index contributed by atoms with van der Waals surface area (Å²) in [4.78, 5) is 0. The quantitative estimate of drug-likeness (QED) is 0.863. The van der Waals surface area contributed by atoms with Crippen molar-refractivity contribution in [3.8, 4) is 0 Å². The molecule has 0 spiro atoms. The summed E-state index contributed by atoms with van der Waals surface area (Å²) in [5, 5.41) is 10.3. The van der Waals surface area contributed by atoms with E-state index in [-0.39, 0.29) is 6.10 Å². The van der Waals surface area contributed by atoms with Crippen LogP contribution in [0.1, 0.15) is 49.0 Å². The summed E-state index contributed by atoms with van der Waals surface area (Å²) < 4.78 is 5.56. The third kappa shape index (κ3) is 2.93. The van der Waals surface area contributed by atoms with E-state index in [1.54, 1.807) is 0 Å². The largest absolute Gasteiger partial charge is 0.388 e. The molecule has 1 aliphatic rings. The second kappa shape index (κ2) is 5.85. The Bertz CT molecular complexity index is 394. The van der Waals surface area contributed by atoms with Crippen LogP contribution in [0, 0.1) is 19.8 Å². The van der Waals surface area contributed by atoms with E-state index >= 15 is 0 Å². The summed E-state index contributed by atoms with van der Waals surface area (Å²) in [7, 11) is 0. The van der Waals surface area contributed by atoms with Gasteiger partial charge in [0.25, 0.3) is 0 Å². The topological polar surface area (TPSA) is 29.5 Å². The molecule has 1 N–H and O–H groups in total. The normalized spacial score (nSPS) is 24.7. The Morgan fingerprint density at radius 3 is 2.72 bits per heavy atom. The second-order valence-electron chi connectivity index (χ2n) is 5.46. The van der Waals surface area contributed by atoms with E-state index in [9.17, 15) is 5.11 Å². The van der Waals surface area contributed by atoms with Crippen molar-refractivity contribution in [2.24, 2.45) is 5.92 Å². The van der Waals surface area contributed by atoms with Gasteiger partial charge in [-0.05, 0) is 62.6 Å². The van der Waals surface area contributed by atoms with E-state index in [2.05, 4.69) is 19.9 Å². The van der Waals surface area contributed by atoms with Crippen LogP contribution < -0.4 is 0 Å². The molecule has 1 unspecified atom stereocenters. The molecule has 0 radical (unpaired) electrons. The fourth-order valence-electron chi connectivity index (χ4n) is 2.82. The van der Waals surface area contributed by atoms with Crippen LogP contribution in [0.3, 0.4) is 0 Å². The average molecular weight is 248 g/mol. The lowest BCUT2D eigenvalue weighted by Crippen LogP contribution is -2.32. The molecule has 1 aromatic carbocycles. The first-order chi connectivity index (χ1) is 8.61. The Balaban J connectivity index is 1.89. The molecule has 2 nitrogen and oxygen atoms in total. The molecule has 0 aromatic heterocycles. The standard InChI is InChI=1S/C16H24O2/c1-4-18-14-8-13(9-14)10-16(17)15-7-5-6-11(2)12(15)3/h5-7,13-14,16-17H,4,8-10H2,1-3H3. The van der Waals surface area contributed by atoms with Crippen LogP contribution in [0.15, 0.2) is 18.2 Å². The lowest BCUT2D eigenvalue weighted by molar-refractivity contribution is -0.0380. The molecular formula is C16H24O2. The summed E-state index contributed by atoms with van der Waals surface area (Å²) in [5.74, 6) is 0.622. The molecule has 100 valence electrons. The monoisotopic (exact) mass is 248 g/mol. The zero-order valence-corrected chi connectivity index (χ0v) is 11.6. The van der Waals surface area contributed by atoms with Gasteiger partial charge in [-0.3, -0.25) is 0 Å². The second-order valence-corrected chi connectivity index (χ2v) is 5.46. The van der Waals surface area contributed by atoms with Crippen molar-refractivity contribution in [2.45, 2.75) is 52.2 Å². The van der Waals surface area contributed by atoms with Gasteiger partial charge in [0.1, 0.15) is 0 Å². The number of aryl methyl sites for hydroxylation is 1. The lowest BCUT2D eigenvalue weighted by atomic mass is 9.77. The van der Waals surface area contributed by atoms with Crippen molar-refractivity contribution in [1.82, 2.24) is 0 Å². The third-order valence-electron chi connectivity index (χ3n) is 4.16. The molecule has 1 aromatic rings. The highest BCUT2D eigenvalue weighted by atomic mass is 16.5. The molecule has 0 heterocycles. The van der Waals surface area contributed by atoms with Crippen molar-refractivity contribution in [3.63, 3.8) is 0 Å². The predicted octanol–water partition coefficient (Wildman–Crippen LogP) is 3.54. The minimum absolute atomic E-state index is 0.322. The Kier molecular flexibility index (Phi) is 4.41. The molecule has 1 aliphatic carbocycles. The summed E-state index contributed by atoms with van der Waals surface area (Å²) >= 11 is 0. The van der Waals surface area contributed by atoms with Gasteiger partial charge in [-0.1, -0.05) is 18.2 Å². The van der Waals surface area contributed by atoms with Crippen LogP contribution in [-0.2, 0) is 4.74 Å². The lowest BCUT2D eigenvalue weighted by Gasteiger charge is -2.36. The van der Waals surface area contributed by atoms with Crippen LogP contribution in [0.4, 0.5) is 0 Å². The first-order valence-corrected chi connectivity index (χ1v) is 6.97. The Morgan fingerprint density at radius 2 is 2.06 bits per heavy atom. The Labute approximate surface area is 110 Å². The van der Waals surface area contributed by atoms with E-state index in [4.69, 9.17) is 4.74 Å². The highest BCUT2D eigenvalue weighted by Crippen LogP contribution is 2.37. The van der Waals surface area contributed by atoms with Crippen LogP contribution >= 0.6 is 0 Å². The van der Waals surface area contributed by atoms with Gasteiger partial charge in [-0.2, -0.15) is 0 Å². The minimum Gasteiger partial charge on any atom is -0.388 e. The number of ether oxygens (including phenoxy) is 1. The SMILES string of the molecule is CCOC1CC(CC(O)c2cccc(C)c2C)C1. The van der Waals surface area contributed by atoms with Gasteiger partial charge < -0.3 is 9.84 Å². The molecule has 0 amide bonds. The maximum Gasteiger partial charge on any atom is 0.0795 e. The van der Waals surface area contributed by atoms with Gasteiger partial charge in [-0.15, -0.1) is 0 Å². The highest BCUT2D eigenvalue weighted by molar-refractivity contribution is 5.34. The van der Waals surface area contributed by atoms with Crippen molar-refractivity contribution < 1.29 is 9.84 Å². The molecule has 0 saturated heterocycles. The number of benzene rings is 1. The summed E-state index contributed by atoms with van der Waals surface area (Å²) in [5.41, 5.74) is 3.58. The molecule has 1 atom stereocenters. The van der Waals surface area contributed by atoms with E-state index in [0.717, 1.165) is 31.4 Å². The first kappa shape index (κ1) is 13.6. The van der Waals surface area contributed by atoms with Crippen LogP contribution in [0.25, 0.3) is 0 Å². The van der Waals surface area contributed by atoms with E-state index in [0.29, 0.717) is 12.0 Å². The van der Waals surface area contributed by atoms with Gasteiger partial charge in [0.2, 0.25) is 0 Å². The molecule has 2 heteroatoms. The fraction of sp³-hybridized carbons (Fsp3) is 0.625. The predicted molar refractivity (Wildman–Crippen MR) is 73.6 cm³/mol. The van der Waals surface area contributed by atoms with E-state index in [1.165, 1.54) is 11.1 Å². The number of hydrogen-bond acceptors (Lipinski definition) is 2. The molecule has 0 bridgehead atoms. The zero-order chi connectivity index (χ0) is 13.1. The van der Waals surface area contributed by atoms with Gasteiger partial charge in [0.05, 0.1) is 12.2 Å². The van der Waals surface area contributed by atoms with Gasteiger partial charge >= 0.3 is 0 Å². The smallest absolute Gasteiger partial charge is 0.0795 e. The van der Waals surface area contributed by atoms with Crippen LogP contribution in [-0.4, -0.2) is 17.8 Å². The Morgan fingerprint density at radius 1 is 1.33 bits per heavy atom. The third-order valence-corrected chi connectivity index (χ3v) is 4.16. The summed E-state index contributed by atoms with van der Waals surface area (Å²) in [6, 6.07) is 6.18. The van der Waals surface area contributed by atoms with Crippen molar-refractivity contribution in [3.05, 3.63) is 34.9 Å². The van der Waals surface area contributed by atoms with E-state index < -0.39 is 0 Å². The van der Waals surface area contributed by atoms with Crippen molar-refractivity contribution >= 4 is 0 Å². The average Bonchev–Trinajstić information content (AvgIpc) is 2.30. The minimum atomic E-state index is -0.322. The van der Waals surface area contributed by atoms with Gasteiger partial charge in [-0.25, -0.2) is 0 Å². The van der Waals surface area contributed by atoms with Gasteiger partial charge in [0.15, 0.2) is 0 Å². The number of rotatable bonds is 5. The first-order valence-electron chi connectivity index (χ1n) is 6.97. The van der Waals surface area contributed by atoms with Crippen LogP contribution in [0.2, 0.25) is 0 Å². The van der Waals surface area contributed by atoms with Crippen molar-refractivity contribution in [1.29, 1.82) is 0 Å². The summed E-state index contributed by atoms with van der Waals surface area (Å²) in [6.45, 7) is 7.03. The maximum atomic E-state index is 10.3. The van der Waals surface area contributed by atoms with Gasteiger partial charge in [0, 0.05) is 6.61 Å². The molecule has 1 saturated carbocycles. The molecule has 2 rings (SSSR count). The maximum absolute atomic E-state index is 10.3. The number of aliphatic hydroxyl groups excluding tert-OH is 1. The highest BCUT2D eigenvalue weighted by Gasteiger charge is 2.31. The van der Waals surface area contributed by atoms with Crippen molar-refractivity contribution in [2.75, 3.05) is 6.61 Å². The fourth-order valence-corrected chi connectivity index (χ4v) is 2.82. The molecule has 1 fully saturated rings. The van der Waals surface area contributed by atoms with E-state index in [1.807, 2.05) is 19.1 Å². The number of aliphatic hydroxyl groups is 1. The summed E-state index contributed by atoms with van der Waals surface area (Å²) in [6.07, 6.45) is 3.20. The molecular weight excluding hydrogens is 224 g/mol. The molecule has 18 heavy (non-hydrogen) atoms. The zero-order valence-electron chi connectivity index (χ0n) is 11.6.